The summed E-state index contributed by atoms with van der Waals surface area (Å²) in [6, 6.07) is 0.0243. The molecule has 0 radical (unpaired) electrons. The second-order valence-electron chi connectivity index (χ2n) is 5.00. The number of aryl methyl sites for hydroxylation is 2. The number of nitrogens with zero attached hydrogens (tertiary/aromatic N) is 2. The highest BCUT2D eigenvalue weighted by atomic mass is 35.5. The van der Waals surface area contributed by atoms with Crippen LogP contribution in [-0.4, -0.2) is 43.0 Å². The summed E-state index contributed by atoms with van der Waals surface area (Å²) in [6.07, 6.45) is 2.19. The number of amides is 1. The first-order valence-electron chi connectivity index (χ1n) is 6.74. The number of nitrogens with one attached hydrogen (secondary N) is 2. The van der Waals surface area contributed by atoms with Gasteiger partial charge in [-0.05, 0) is 20.3 Å². The predicted octanol–water partition coefficient (Wildman–Crippen LogP) is -0.328. The van der Waals surface area contributed by atoms with Crippen molar-refractivity contribution >= 4 is 28.3 Å². The van der Waals surface area contributed by atoms with Crippen LogP contribution in [0.25, 0.3) is 0 Å². The minimum atomic E-state index is -3.67. The van der Waals surface area contributed by atoms with Crippen LogP contribution in [0.1, 0.15) is 25.6 Å². The highest BCUT2D eigenvalue weighted by molar-refractivity contribution is 7.89. The van der Waals surface area contributed by atoms with Crippen molar-refractivity contribution in [2.24, 2.45) is 12.8 Å². The molecule has 1 amide bonds. The van der Waals surface area contributed by atoms with Crippen molar-refractivity contribution in [3.05, 3.63) is 12.0 Å². The molecule has 1 heterocycles. The molecule has 0 aliphatic carbocycles. The number of nitrogens with two attached hydrogens (primary N) is 1. The van der Waals surface area contributed by atoms with Crippen molar-refractivity contribution < 1.29 is 13.2 Å². The van der Waals surface area contributed by atoms with E-state index in [1.807, 2.05) is 6.92 Å². The van der Waals surface area contributed by atoms with Gasteiger partial charge in [-0.25, -0.2) is 18.1 Å². The molecule has 0 fully saturated rings. The maximum absolute atomic E-state index is 11.9. The molecule has 1 rings (SSSR count). The van der Waals surface area contributed by atoms with Gasteiger partial charge >= 0.3 is 0 Å². The molecular weight excluding hydrogens is 330 g/mol. The number of sulfonamides is 1. The van der Waals surface area contributed by atoms with Crippen LogP contribution in [0.4, 0.5) is 0 Å². The van der Waals surface area contributed by atoms with Gasteiger partial charge in [-0.15, -0.1) is 12.4 Å². The normalized spacial score (nSPS) is 12.5. The predicted molar refractivity (Wildman–Crippen MR) is 86.3 cm³/mol. The summed E-state index contributed by atoms with van der Waals surface area (Å²) in [6.45, 7) is 4.09. The Labute approximate surface area is 137 Å². The van der Waals surface area contributed by atoms with Gasteiger partial charge in [0.25, 0.3) is 10.0 Å². The minimum Gasteiger partial charge on any atom is -0.356 e. The molecule has 22 heavy (non-hydrogen) atoms. The van der Waals surface area contributed by atoms with Gasteiger partial charge in [-0.1, -0.05) is 0 Å². The molecule has 1 aromatic rings. The second-order valence-corrected chi connectivity index (χ2v) is 6.71. The van der Waals surface area contributed by atoms with Crippen LogP contribution in [0.5, 0.6) is 0 Å². The van der Waals surface area contributed by atoms with E-state index in [-0.39, 0.29) is 42.3 Å². The van der Waals surface area contributed by atoms with Crippen LogP contribution in [0.2, 0.25) is 0 Å². The SMILES string of the molecule is Cc1nc(S(=O)(=O)NCCC(=O)NCCC(C)N)cn1C.Cl. The van der Waals surface area contributed by atoms with Crippen LogP contribution in [-0.2, 0) is 21.9 Å². The molecule has 0 aliphatic rings. The molecule has 0 aliphatic heterocycles. The maximum atomic E-state index is 11.9. The topological polar surface area (TPSA) is 119 Å². The Kier molecular flexibility index (Phi) is 8.61. The molecule has 1 unspecified atom stereocenters. The number of hydrogen-bond donors (Lipinski definition) is 3. The average Bonchev–Trinajstić information content (AvgIpc) is 2.69. The Morgan fingerprint density at radius 3 is 2.59 bits per heavy atom. The molecule has 0 bridgehead atoms. The molecule has 4 N–H and O–H groups in total. The van der Waals surface area contributed by atoms with Gasteiger partial charge < -0.3 is 15.6 Å². The standard InChI is InChI=1S/C12H23N5O3S.ClH/c1-9(13)4-6-14-11(18)5-7-15-21(19,20)12-8-17(3)10(2)16-12;/h8-9,15H,4-7,13H2,1-3H3,(H,14,18);1H. The van der Waals surface area contributed by atoms with Crippen molar-refractivity contribution in [1.29, 1.82) is 0 Å². The average molecular weight is 354 g/mol. The molecule has 0 saturated heterocycles. The van der Waals surface area contributed by atoms with E-state index in [9.17, 15) is 13.2 Å². The van der Waals surface area contributed by atoms with Crippen molar-refractivity contribution in [3.8, 4) is 0 Å². The highest BCUT2D eigenvalue weighted by Crippen LogP contribution is 2.07. The van der Waals surface area contributed by atoms with E-state index in [1.54, 1.807) is 18.5 Å². The quantitative estimate of drug-likeness (QED) is 0.591. The van der Waals surface area contributed by atoms with Crippen LogP contribution in [0.15, 0.2) is 11.2 Å². The van der Waals surface area contributed by atoms with Gasteiger partial charge in [0, 0.05) is 38.8 Å². The van der Waals surface area contributed by atoms with Crippen molar-refractivity contribution in [1.82, 2.24) is 19.6 Å². The number of halogens is 1. The molecular formula is C12H24ClN5O3S. The molecule has 1 atom stereocenters. The van der Waals surface area contributed by atoms with E-state index < -0.39 is 10.0 Å². The molecule has 8 nitrogen and oxygen atoms in total. The zero-order chi connectivity index (χ0) is 16.0. The first-order chi connectivity index (χ1) is 9.72. The van der Waals surface area contributed by atoms with Crippen molar-refractivity contribution in [2.45, 2.75) is 37.8 Å². The summed E-state index contributed by atoms with van der Waals surface area (Å²) >= 11 is 0. The van der Waals surface area contributed by atoms with Gasteiger partial charge in [0.15, 0.2) is 5.03 Å². The highest BCUT2D eigenvalue weighted by Gasteiger charge is 2.18. The summed E-state index contributed by atoms with van der Waals surface area (Å²) in [7, 11) is -1.96. The third-order valence-corrected chi connectivity index (χ3v) is 4.26. The Morgan fingerprint density at radius 1 is 1.45 bits per heavy atom. The smallest absolute Gasteiger partial charge is 0.259 e. The van der Waals surface area contributed by atoms with Crippen molar-refractivity contribution in [3.63, 3.8) is 0 Å². The molecule has 0 aromatic carbocycles. The van der Waals surface area contributed by atoms with Gasteiger partial charge in [0.2, 0.25) is 5.91 Å². The fraction of sp³-hybridized carbons (Fsp3) is 0.667. The van der Waals surface area contributed by atoms with E-state index in [0.717, 1.165) is 0 Å². The summed E-state index contributed by atoms with van der Waals surface area (Å²) < 4.78 is 27.9. The maximum Gasteiger partial charge on any atom is 0.259 e. The fourth-order valence-electron chi connectivity index (χ4n) is 1.56. The Hall–Kier alpha value is -1.16. The number of aromatic nitrogens is 2. The summed E-state index contributed by atoms with van der Waals surface area (Å²) in [5.74, 6) is 0.388. The first kappa shape index (κ1) is 20.8. The van der Waals surface area contributed by atoms with E-state index in [1.165, 1.54) is 6.20 Å². The Balaban J connectivity index is 0.00000441. The van der Waals surface area contributed by atoms with Crippen LogP contribution < -0.4 is 15.8 Å². The first-order valence-corrected chi connectivity index (χ1v) is 8.22. The van der Waals surface area contributed by atoms with Crippen LogP contribution >= 0.6 is 12.4 Å². The van der Waals surface area contributed by atoms with Gasteiger partial charge in [0.05, 0.1) is 0 Å². The lowest BCUT2D eigenvalue weighted by Crippen LogP contribution is -2.33. The summed E-state index contributed by atoms with van der Waals surface area (Å²) in [5.41, 5.74) is 5.56. The second kappa shape index (κ2) is 9.09. The lowest BCUT2D eigenvalue weighted by Gasteiger charge is -2.07. The number of carbonyl (C=O) groups excluding carboxylic acids is 1. The number of carbonyl (C=O) groups is 1. The fourth-order valence-corrected chi connectivity index (χ4v) is 2.62. The Bertz CT molecular complexity index is 566. The van der Waals surface area contributed by atoms with E-state index >= 15 is 0 Å². The van der Waals surface area contributed by atoms with Crippen molar-refractivity contribution in [2.75, 3.05) is 13.1 Å². The van der Waals surface area contributed by atoms with Gasteiger partial charge in [-0.3, -0.25) is 4.79 Å². The Morgan fingerprint density at radius 2 is 2.09 bits per heavy atom. The monoisotopic (exact) mass is 353 g/mol. The molecule has 10 heteroatoms. The van der Waals surface area contributed by atoms with E-state index in [0.29, 0.717) is 18.8 Å². The largest absolute Gasteiger partial charge is 0.356 e. The van der Waals surface area contributed by atoms with Gasteiger partial charge in [0.1, 0.15) is 5.82 Å². The third-order valence-electron chi connectivity index (χ3n) is 2.93. The third kappa shape index (κ3) is 6.73. The lowest BCUT2D eigenvalue weighted by molar-refractivity contribution is -0.120. The van der Waals surface area contributed by atoms with Crippen LogP contribution in [0.3, 0.4) is 0 Å². The summed E-state index contributed by atoms with van der Waals surface area (Å²) in [5, 5.41) is 2.64. The van der Waals surface area contributed by atoms with Gasteiger partial charge in [-0.2, -0.15) is 0 Å². The minimum absolute atomic E-state index is 0. The molecule has 0 spiro atoms. The van der Waals surface area contributed by atoms with Crippen LogP contribution in [0, 0.1) is 6.92 Å². The molecule has 128 valence electrons. The zero-order valence-electron chi connectivity index (χ0n) is 13.0. The zero-order valence-corrected chi connectivity index (χ0v) is 14.6. The van der Waals surface area contributed by atoms with E-state index in [4.69, 9.17) is 5.73 Å². The summed E-state index contributed by atoms with van der Waals surface area (Å²) in [4.78, 5) is 15.4. The number of imidazole rings is 1. The lowest BCUT2D eigenvalue weighted by atomic mass is 10.2. The number of hydrogen-bond acceptors (Lipinski definition) is 5. The molecule has 0 saturated carbocycles. The molecule has 1 aromatic heterocycles. The van der Waals surface area contributed by atoms with E-state index in [2.05, 4.69) is 15.0 Å². The number of rotatable bonds is 8.